The number of aliphatic hydroxyl groups excluding tert-OH is 2. The summed E-state index contributed by atoms with van der Waals surface area (Å²) in [5.74, 6) is -3.27. The quantitative estimate of drug-likeness (QED) is 0.148. The van der Waals surface area contributed by atoms with E-state index in [1.807, 2.05) is 30.5 Å². The largest absolute Gasteiger partial charge is 0.480 e. The number of fused-ring (bicyclic) bond motifs is 1. The zero-order valence-corrected chi connectivity index (χ0v) is 20.9. The minimum atomic E-state index is -1.63. The maximum absolute atomic E-state index is 12.9. The highest BCUT2D eigenvalue weighted by Crippen LogP contribution is 2.18. The van der Waals surface area contributed by atoms with Crippen molar-refractivity contribution in [1.29, 1.82) is 0 Å². The third-order valence-corrected chi connectivity index (χ3v) is 6.20. The highest BCUT2D eigenvalue weighted by Gasteiger charge is 2.31. The maximum atomic E-state index is 12.9. The van der Waals surface area contributed by atoms with Crippen LogP contribution in [0.1, 0.15) is 18.9 Å². The summed E-state index contributed by atoms with van der Waals surface area (Å²) in [6.07, 6.45) is 2.64. The van der Waals surface area contributed by atoms with E-state index in [9.17, 15) is 29.4 Å². The summed E-state index contributed by atoms with van der Waals surface area (Å²) in [5.41, 5.74) is 7.87. The van der Waals surface area contributed by atoms with E-state index in [1.165, 1.54) is 18.7 Å². The second-order valence-corrected chi connectivity index (χ2v) is 9.31. The number of hydrogen-bond acceptors (Lipinski definition) is 8. The lowest BCUT2D eigenvalue weighted by Gasteiger charge is -2.24. The van der Waals surface area contributed by atoms with Gasteiger partial charge in [-0.15, -0.1) is 0 Å². The molecule has 2 rings (SSSR count). The van der Waals surface area contributed by atoms with E-state index >= 15 is 0 Å². The Morgan fingerprint density at radius 3 is 2.31 bits per heavy atom. The zero-order valence-electron chi connectivity index (χ0n) is 20.1. The number of aromatic amines is 1. The summed E-state index contributed by atoms with van der Waals surface area (Å²) in [6.45, 7) is 0.353. The van der Waals surface area contributed by atoms with E-state index in [2.05, 4.69) is 20.9 Å². The molecular weight excluding hydrogens is 490 g/mol. The number of carboxylic acid groups (broad SMARTS) is 1. The number of amides is 3. The molecule has 5 unspecified atom stereocenters. The first-order valence-corrected chi connectivity index (χ1v) is 12.7. The van der Waals surface area contributed by atoms with Gasteiger partial charge in [-0.1, -0.05) is 18.2 Å². The number of thioether (sulfide) groups is 1. The molecule has 0 saturated heterocycles. The standard InChI is InChI=1S/C23H33N5O7S/c1-12(30)19(23(34)35)28-22(33)18(11-29)27-21(32)17(7-8-36-2)26-20(31)15(24)9-13-10-25-16-6-4-3-5-14(13)16/h3-6,10,12,15,17-19,25,29-30H,7-9,11,24H2,1-2H3,(H,26,31)(H,27,32)(H,28,33)(H,34,35). The van der Waals surface area contributed by atoms with Crippen LogP contribution in [0.2, 0.25) is 0 Å². The predicted molar refractivity (Wildman–Crippen MR) is 135 cm³/mol. The van der Waals surface area contributed by atoms with Crippen molar-refractivity contribution in [2.45, 2.75) is 50.0 Å². The van der Waals surface area contributed by atoms with Crippen molar-refractivity contribution in [1.82, 2.24) is 20.9 Å². The van der Waals surface area contributed by atoms with E-state index in [0.29, 0.717) is 5.75 Å². The molecule has 0 fully saturated rings. The molecule has 1 aromatic heterocycles. The Bertz CT molecular complexity index is 1060. The molecule has 5 atom stereocenters. The van der Waals surface area contributed by atoms with E-state index in [0.717, 1.165) is 16.5 Å². The van der Waals surface area contributed by atoms with Gasteiger partial charge in [0, 0.05) is 17.1 Å². The minimum Gasteiger partial charge on any atom is -0.480 e. The molecular formula is C23H33N5O7S. The Labute approximate surface area is 212 Å². The number of nitrogens with one attached hydrogen (secondary N) is 4. The summed E-state index contributed by atoms with van der Waals surface area (Å²) >= 11 is 1.45. The van der Waals surface area contributed by atoms with E-state index in [-0.39, 0.29) is 12.8 Å². The van der Waals surface area contributed by atoms with E-state index < -0.39 is 60.6 Å². The molecule has 9 N–H and O–H groups in total. The van der Waals surface area contributed by atoms with Gasteiger partial charge in [0.2, 0.25) is 17.7 Å². The second kappa shape index (κ2) is 13.8. The molecule has 198 valence electrons. The SMILES string of the molecule is CSCCC(NC(=O)C(N)Cc1c[nH]c2ccccc12)C(=O)NC(CO)C(=O)NC(C(=O)O)C(C)O. The van der Waals surface area contributed by atoms with Crippen LogP contribution in [0.3, 0.4) is 0 Å². The van der Waals surface area contributed by atoms with E-state index in [4.69, 9.17) is 10.8 Å². The third kappa shape index (κ3) is 7.95. The lowest BCUT2D eigenvalue weighted by Crippen LogP contribution is -2.59. The predicted octanol–water partition coefficient (Wildman–Crippen LogP) is -1.30. The van der Waals surface area contributed by atoms with Gasteiger partial charge in [0.05, 0.1) is 18.8 Å². The molecule has 1 heterocycles. The Morgan fingerprint density at radius 2 is 1.69 bits per heavy atom. The van der Waals surface area contributed by atoms with Crippen molar-refractivity contribution in [3.63, 3.8) is 0 Å². The van der Waals surface area contributed by atoms with Gasteiger partial charge >= 0.3 is 5.97 Å². The fraction of sp³-hybridized carbons (Fsp3) is 0.478. The van der Waals surface area contributed by atoms with Gasteiger partial charge < -0.3 is 42.0 Å². The molecule has 2 aromatic rings. The topological polar surface area (TPSA) is 207 Å². The number of para-hydroxylation sites is 1. The van der Waals surface area contributed by atoms with Gasteiger partial charge in [-0.05, 0) is 43.4 Å². The number of rotatable bonds is 14. The van der Waals surface area contributed by atoms with Crippen molar-refractivity contribution in [3.05, 3.63) is 36.0 Å². The van der Waals surface area contributed by atoms with Gasteiger partial charge in [0.25, 0.3) is 0 Å². The van der Waals surface area contributed by atoms with Crippen molar-refractivity contribution in [3.8, 4) is 0 Å². The molecule has 12 nitrogen and oxygen atoms in total. The normalized spacial score (nSPS) is 15.4. The number of carbonyl (C=O) groups excluding carboxylic acids is 3. The molecule has 0 bridgehead atoms. The number of H-pyrrole nitrogens is 1. The summed E-state index contributed by atoms with van der Waals surface area (Å²) in [4.78, 5) is 52.4. The lowest BCUT2D eigenvalue weighted by atomic mass is 10.0. The first-order valence-electron chi connectivity index (χ1n) is 11.3. The average Bonchev–Trinajstić information content (AvgIpc) is 3.25. The van der Waals surface area contributed by atoms with Gasteiger partial charge in [-0.3, -0.25) is 14.4 Å². The number of nitrogens with two attached hydrogens (primary N) is 1. The highest BCUT2D eigenvalue weighted by molar-refractivity contribution is 7.98. The summed E-state index contributed by atoms with van der Waals surface area (Å²) in [7, 11) is 0. The molecule has 13 heteroatoms. The fourth-order valence-electron chi connectivity index (χ4n) is 3.52. The number of hydrogen-bond donors (Lipinski definition) is 8. The molecule has 0 aliphatic carbocycles. The van der Waals surface area contributed by atoms with Crippen LogP contribution in [0.25, 0.3) is 10.9 Å². The van der Waals surface area contributed by atoms with Crippen LogP contribution in [-0.2, 0) is 25.6 Å². The highest BCUT2D eigenvalue weighted by atomic mass is 32.2. The molecule has 0 spiro atoms. The number of aliphatic hydroxyl groups is 2. The Morgan fingerprint density at radius 1 is 1.06 bits per heavy atom. The number of benzene rings is 1. The minimum absolute atomic E-state index is 0.226. The van der Waals surface area contributed by atoms with Gasteiger partial charge in [0.1, 0.15) is 12.1 Å². The summed E-state index contributed by atoms with van der Waals surface area (Å²) < 4.78 is 0. The molecule has 1 aromatic carbocycles. The molecule has 36 heavy (non-hydrogen) atoms. The van der Waals surface area contributed by atoms with Gasteiger partial charge in [-0.25, -0.2) is 4.79 Å². The monoisotopic (exact) mass is 523 g/mol. The number of carboxylic acids is 1. The number of aromatic nitrogens is 1. The maximum Gasteiger partial charge on any atom is 0.328 e. The van der Waals surface area contributed by atoms with Crippen LogP contribution < -0.4 is 21.7 Å². The van der Waals surface area contributed by atoms with Gasteiger partial charge in [0.15, 0.2) is 6.04 Å². The van der Waals surface area contributed by atoms with Crippen molar-refractivity contribution in [2.24, 2.45) is 5.73 Å². The fourth-order valence-corrected chi connectivity index (χ4v) is 3.99. The Kier molecular flexibility index (Phi) is 11.2. The molecule has 0 radical (unpaired) electrons. The second-order valence-electron chi connectivity index (χ2n) is 8.32. The van der Waals surface area contributed by atoms with Crippen molar-refractivity contribution >= 4 is 46.4 Å². The molecule has 0 aliphatic rings. The first-order chi connectivity index (χ1) is 17.1. The molecule has 0 aliphatic heterocycles. The zero-order chi connectivity index (χ0) is 26.8. The van der Waals surface area contributed by atoms with Crippen LogP contribution in [0, 0.1) is 0 Å². The number of aliphatic carboxylic acids is 1. The van der Waals surface area contributed by atoms with Crippen LogP contribution in [0.15, 0.2) is 30.5 Å². The first kappa shape index (κ1) is 29.1. The molecule has 0 saturated carbocycles. The Hall–Kier alpha value is -3.13. The van der Waals surface area contributed by atoms with Crippen molar-refractivity contribution < 1.29 is 34.5 Å². The van der Waals surface area contributed by atoms with Crippen LogP contribution in [0.4, 0.5) is 0 Å². The summed E-state index contributed by atoms with van der Waals surface area (Å²) in [5, 5.41) is 36.2. The van der Waals surface area contributed by atoms with E-state index in [1.54, 1.807) is 6.20 Å². The Balaban J connectivity index is 2.05. The average molecular weight is 524 g/mol. The summed E-state index contributed by atoms with van der Waals surface area (Å²) in [6, 6.07) is 2.46. The lowest BCUT2D eigenvalue weighted by molar-refractivity contribution is -0.145. The smallest absolute Gasteiger partial charge is 0.328 e. The van der Waals surface area contributed by atoms with Crippen LogP contribution in [0.5, 0.6) is 0 Å². The molecule has 3 amide bonds. The van der Waals surface area contributed by atoms with Gasteiger partial charge in [-0.2, -0.15) is 11.8 Å². The van der Waals surface area contributed by atoms with Crippen LogP contribution >= 0.6 is 11.8 Å². The van der Waals surface area contributed by atoms with Crippen LogP contribution in [-0.4, -0.2) is 92.9 Å². The van der Waals surface area contributed by atoms with Crippen molar-refractivity contribution in [2.75, 3.05) is 18.6 Å². The number of carbonyl (C=O) groups is 4. The third-order valence-electron chi connectivity index (χ3n) is 5.56.